The lowest BCUT2D eigenvalue weighted by Crippen LogP contribution is -2.53. The highest BCUT2D eigenvalue weighted by molar-refractivity contribution is 5.90. The van der Waals surface area contributed by atoms with Crippen LogP contribution in [-0.4, -0.2) is 204 Å². The molecule has 26 heteroatoms. The number of anilines is 2. The smallest absolute Gasteiger partial charge is 0.410 e. The number of nitrogens with one attached hydrogen (secondary N) is 7. The summed E-state index contributed by atoms with van der Waals surface area (Å²) in [6.07, 6.45) is 5.29. The van der Waals surface area contributed by atoms with Gasteiger partial charge in [-0.25, -0.2) is 28.8 Å². The first-order chi connectivity index (χ1) is 36.1. The highest BCUT2D eigenvalue weighted by Crippen LogP contribution is 2.24. The summed E-state index contributed by atoms with van der Waals surface area (Å²) in [4.78, 5) is 97.3. The van der Waals surface area contributed by atoms with Gasteiger partial charge in [0.2, 0.25) is 5.91 Å². The fourth-order valence-electron chi connectivity index (χ4n) is 9.21. The Bertz CT molecular complexity index is 2130. The van der Waals surface area contributed by atoms with Crippen LogP contribution in [0.2, 0.25) is 0 Å². The van der Waals surface area contributed by atoms with Crippen molar-refractivity contribution in [1.82, 2.24) is 50.2 Å². The molecule has 0 unspecified atom stereocenters. The van der Waals surface area contributed by atoms with E-state index in [1.165, 1.54) is 4.90 Å². The molecule has 5 aliphatic rings. The zero-order valence-electron chi connectivity index (χ0n) is 42.6. The average molecular weight is 1050 g/mol. The van der Waals surface area contributed by atoms with Crippen molar-refractivity contribution in [1.29, 1.82) is 10.8 Å². The number of carboxylic acid groups (broad SMARTS) is 1. The molecule has 0 radical (unpaired) electrons. The molecule has 410 valence electrons. The lowest BCUT2D eigenvalue weighted by atomic mass is 9.96. The lowest BCUT2D eigenvalue weighted by Gasteiger charge is -2.36. The summed E-state index contributed by atoms with van der Waals surface area (Å²) in [5.41, 5.74) is 13.9. The summed E-state index contributed by atoms with van der Waals surface area (Å²) in [5.74, 6) is -0.451. The van der Waals surface area contributed by atoms with Crippen LogP contribution in [0.25, 0.3) is 0 Å². The molecule has 10 amide bonds. The molecule has 0 bridgehead atoms. The SMILES string of the molecule is N=C(N)Nc1ccc(CNC(=O)N2CCN(C(=O)O[C@H]3CCC[C@@H](OC(=O)N4CCN(C(=O)NCc5ccc(NC(=N)N)cc5)CC4)CCC3)CC2)cc1.O=C(O)N1CCN(C(=O)CNC(=O)N2CCCCC2)CC1. The van der Waals surface area contributed by atoms with E-state index in [2.05, 4.69) is 26.6 Å². The van der Waals surface area contributed by atoms with E-state index in [0.29, 0.717) is 129 Å². The molecular formula is C49H74N16O10. The summed E-state index contributed by atoms with van der Waals surface area (Å²) in [7, 11) is 0. The van der Waals surface area contributed by atoms with Gasteiger partial charge in [-0.05, 0) is 93.2 Å². The number of carbonyl (C=O) groups is 7. The quantitative estimate of drug-likeness (QED) is 0.121. The number of urea groups is 3. The fourth-order valence-corrected chi connectivity index (χ4v) is 9.21. The van der Waals surface area contributed by atoms with Crippen molar-refractivity contribution in [3.05, 3.63) is 59.7 Å². The topological polar surface area (TPSA) is 341 Å². The van der Waals surface area contributed by atoms with Crippen molar-refractivity contribution >= 4 is 65.6 Å². The van der Waals surface area contributed by atoms with Crippen molar-refractivity contribution in [2.24, 2.45) is 11.5 Å². The van der Waals surface area contributed by atoms with E-state index >= 15 is 0 Å². The number of likely N-dealkylation sites (tertiary alicyclic amines) is 1. The molecule has 1 saturated carbocycles. The van der Waals surface area contributed by atoms with E-state index in [1.54, 1.807) is 53.7 Å². The van der Waals surface area contributed by atoms with E-state index in [4.69, 9.17) is 36.9 Å². The van der Waals surface area contributed by atoms with Crippen LogP contribution in [0, 0.1) is 10.8 Å². The van der Waals surface area contributed by atoms with Gasteiger partial charge in [-0.1, -0.05) is 24.3 Å². The Morgan fingerprint density at radius 1 is 0.467 bits per heavy atom. The Morgan fingerprint density at radius 2 is 0.813 bits per heavy atom. The van der Waals surface area contributed by atoms with E-state index < -0.39 is 6.09 Å². The van der Waals surface area contributed by atoms with Crippen LogP contribution in [0.3, 0.4) is 0 Å². The van der Waals surface area contributed by atoms with E-state index in [1.807, 2.05) is 24.3 Å². The third-order valence-electron chi connectivity index (χ3n) is 13.6. The van der Waals surface area contributed by atoms with Crippen LogP contribution in [0.5, 0.6) is 0 Å². The van der Waals surface area contributed by atoms with Gasteiger partial charge in [0.15, 0.2) is 11.9 Å². The van der Waals surface area contributed by atoms with Crippen LogP contribution < -0.4 is 38.1 Å². The molecular weight excluding hydrogens is 973 g/mol. The first-order valence-electron chi connectivity index (χ1n) is 25.7. The highest BCUT2D eigenvalue weighted by Gasteiger charge is 2.31. The number of hydrogen-bond acceptors (Lipinski definition) is 11. The number of guanidine groups is 2. The van der Waals surface area contributed by atoms with Gasteiger partial charge in [0, 0.05) is 116 Å². The Balaban J connectivity index is 0.000000362. The number of nitrogens with two attached hydrogens (primary N) is 2. The van der Waals surface area contributed by atoms with Crippen LogP contribution in [0.4, 0.5) is 40.1 Å². The second kappa shape index (κ2) is 28.5. The standard InChI is InChI=1S/C36H52N12O6.C13H22N4O4/c37-31(38)43-27-11-7-25(8-12-27)23-41-33(49)45-15-19-47(20-16-45)35(51)53-29-3-1-4-30(6-2-5-29)54-36(52)48-21-17-46(18-22-48)34(50)42-24-26-9-13-28(14-10-26)44-32(39)40;18-11(15-6-8-17(9-7-15)13(20)21)10-14-12(19)16-4-2-1-3-5-16/h7-14,29-30H,1-6,15-24H2,(H,41,49)(H,42,50)(H4,37,38,43)(H4,39,40,44);1-10H2,(H,14,19)(H,20,21)/t29-,30+;. The predicted molar refractivity (Wildman–Crippen MR) is 278 cm³/mol. The molecule has 0 spiro atoms. The third-order valence-corrected chi connectivity index (χ3v) is 13.6. The number of hydrogen-bond donors (Lipinski definition) is 10. The monoisotopic (exact) mass is 1050 g/mol. The molecule has 7 rings (SSSR count). The fraction of sp³-hybridized carbons (Fsp3) is 0.571. The first-order valence-corrected chi connectivity index (χ1v) is 25.7. The zero-order chi connectivity index (χ0) is 53.7. The van der Waals surface area contributed by atoms with Crippen molar-refractivity contribution in [2.75, 3.05) is 109 Å². The van der Waals surface area contributed by atoms with E-state index in [9.17, 15) is 33.6 Å². The Labute approximate surface area is 436 Å². The number of ether oxygens (including phenoxy) is 2. The van der Waals surface area contributed by atoms with Gasteiger partial charge in [-0.2, -0.15) is 0 Å². The van der Waals surface area contributed by atoms with Gasteiger partial charge in [-0.15, -0.1) is 0 Å². The van der Waals surface area contributed by atoms with Crippen molar-refractivity contribution < 1.29 is 48.1 Å². The molecule has 4 saturated heterocycles. The number of rotatable bonds is 10. The average Bonchev–Trinajstić information content (AvgIpc) is 3.41. The minimum absolute atomic E-state index is 0.0254. The zero-order valence-corrected chi connectivity index (χ0v) is 42.6. The molecule has 4 aliphatic heterocycles. The Hall–Kier alpha value is -7.93. The number of piperazine rings is 3. The van der Waals surface area contributed by atoms with Gasteiger partial charge in [0.05, 0.1) is 6.54 Å². The Morgan fingerprint density at radius 3 is 1.20 bits per heavy atom. The minimum Gasteiger partial charge on any atom is -0.465 e. The van der Waals surface area contributed by atoms with Crippen LogP contribution in [-0.2, 0) is 27.4 Å². The first kappa shape index (κ1) is 56.4. The van der Waals surface area contributed by atoms with Gasteiger partial charge in [0.25, 0.3) is 0 Å². The Kier molecular flexibility index (Phi) is 21.4. The highest BCUT2D eigenvalue weighted by atomic mass is 16.6. The number of amides is 10. The molecule has 0 atom stereocenters. The normalized spacial score (nSPS) is 19.1. The molecule has 1 aliphatic carbocycles. The molecule has 4 heterocycles. The van der Waals surface area contributed by atoms with Gasteiger partial charge >= 0.3 is 36.4 Å². The second-order valence-corrected chi connectivity index (χ2v) is 19.0. The maximum atomic E-state index is 13.0. The van der Waals surface area contributed by atoms with Crippen LogP contribution in [0.15, 0.2) is 48.5 Å². The summed E-state index contributed by atoms with van der Waals surface area (Å²) >= 11 is 0. The van der Waals surface area contributed by atoms with Crippen molar-refractivity contribution in [3.8, 4) is 0 Å². The van der Waals surface area contributed by atoms with Crippen LogP contribution >= 0.6 is 0 Å². The molecule has 0 aromatic heterocycles. The molecule has 75 heavy (non-hydrogen) atoms. The van der Waals surface area contributed by atoms with E-state index in [0.717, 1.165) is 56.3 Å². The maximum Gasteiger partial charge on any atom is 0.410 e. The number of piperidine rings is 1. The molecule has 2 aromatic rings. The molecule has 12 N–H and O–H groups in total. The largest absolute Gasteiger partial charge is 0.465 e. The maximum absolute atomic E-state index is 13.0. The molecule has 26 nitrogen and oxygen atoms in total. The summed E-state index contributed by atoms with van der Waals surface area (Å²) < 4.78 is 11.8. The van der Waals surface area contributed by atoms with Crippen molar-refractivity contribution in [3.63, 3.8) is 0 Å². The van der Waals surface area contributed by atoms with Gasteiger partial charge in [0.1, 0.15) is 12.2 Å². The number of nitrogens with zero attached hydrogens (tertiary/aromatic N) is 7. The second-order valence-electron chi connectivity index (χ2n) is 19.0. The summed E-state index contributed by atoms with van der Waals surface area (Å²) in [5, 5.41) is 37.3. The molecule has 2 aromatic carbocycles. The number of carbonyl (C=O) groups excluding carboxylic acids is 6. The van der Waals surface area contributed by atoms with Crippen molar-refractivity contribution in [2.45, 2.75) is 83.1 Å². The summed E-state index contributed by atoms with van der Waals surface area (Å²) in [6.45, 7) is 6.73. The van der Waals surface area contributed by atoms with Gasteiger partial charge in [-0.3, -0.25) is 15.6 Å². The van der Waals surface area contributed by atoms with Gasteiger partial charge < -0.3 is 86.9 Å². The number of benzene rings is 2. The third kappa shape index (κ3) is 18.5. The predicted octanol–water partition coefficient (Wildman–Crippen LogP) is 3.02. The minimum atomic E-state index is -0.958. The summed E-state index contributed by atoms with van der Waals surface area (Å²) in [6, 6.07) is 13.9. The van der Waals surface area contributed by atoms with E-state index in [-0.39, 0.29) is 66.9 Å². The molecule has 5 fully saturated rings. The van der Waals surface area contributed by atoms with Crippen LogP contribution in [0.1, 0.15) is 68.9 Å². The lowest BCUT2D eigenvalue weighted by molar-refractivity contribution is -0.131.